The number of hydrogen-bond acceptors (Lipinski definition) is 2. The van der Waals surface area contributed by atoms with Crippen LogP contribution in [0.15, 0.2) is 24.3 Å². The summed E-state index contributed by atoms with van der Waals surface area (Å²) in [7, 11) is 1.82. The van der Waals surface area contributed by atoms with Gasteiger partial charge in [-0.25, -0.2) is 0 Å². The third-order valence-electron chi connectivity index (χ3n) is 4.53. The van der Waals surface area contributed by atoms with Crippen LogP contribution in [0.5, 0.6) is 0 Å². The molecular formula is C17H27NO. The van der Waals surface area contributed by atoms with E-state index in [1.54, 1.807) is 0 Å². The highest BCUT2D eigenvalue weighted by Crippen LogP contribution is 2.29. The van der Waals surface area contributed by atoms with Crippen molar-refractivity contribution in [3.63, 3.8) is 0 Å². The molecule has 2 atom stereocenters. The van der Waals surface area contributed by atoms with Crippen LogP contribution in [0.4, 0.5) is 0 Å². The van der Waals surface area contributed by atoms with Gasteiger partial charge < -0.3 is 10.5 Å². The highest BCUT2D eigenvalue weighted by atomic mass is 16.5. The second-order valence-corrected chi connectivity index (χ2v) is 5.89. The van der Waals surface area contributed by atoms with Crippen LogP contribution in [0.3, 0.4) is 0 Å². The molecule has 2 nitrogen and oxygen atoms in total. The first-order valence-electron chi connectivity index (χ1n) is 7.55. The second-order valence-electron chi connectivity index (χ2n) is 5.89. The lowest BCUT2D eigenvalue weighted by Gasteiger charge is -2.33. The minimum atomic E-state index is 0.106. The lowest BCUT2D eigenvalue weighted by atomic mass is 9.81. The highest BCUT2D eigenvalue weighted by Gasteiger charge is 2.28. The molecule has 1 aromatic carbocycles. The third kappa shape index (κ3) is 3.80. The van der Waals surface area contributed by atoms with Gasteiger partial charge in [0.25, 0.3) is 0 Å². The summed E-state index contributed by atoms with van der Waals surface area (Å²) in [6.45, 7) is 2.16. The summed E-state index contributed by atoms with van der Waals surface area (Å²) in [5, 5.41) is 0. The van der Waals surface area contributed by atoms with E-state index >= 15 is 0 Å². The summed E-state index contributed by atoms with van der Waals surface area (Å²) in [5.74, 6) is 0.651. The van der Waals surface area contributed by atoms with E-state index in [0.717, 1.165) is 6.42 Å². The van der Waals surface area contributed by atoms with E-state index in [4.69, 9.17) is 10.5 Å². The maximum absolute atomic E-state index is 6.44. The fourth-order valence-electron chi connectivity index (χ4n) is 3.39. The summed E-state index contributed by atoms with van der Waals surface area (Å²) in [6.07, 6.45) is 7.73. The van der Waals surface area contributed by atoms with Crippen molar-refractivity contribution in [3.8, 4) is 0 Å². The standard InChI is InChI=1S/C17H27NO/c1-13-8-6-7-11-15(13)12-16(18)17(19-2)14-9-4-3-5-10-14/h6-8,11,14,16-17H,3-5,9-10,12,18H2,1-2H3. The maximum atomic E-state index is 6.44. The molecule has 0 radical (unpaired) electrons. The molecule has 0 spiro atoms. The van der Waals surface area contributed by atoms with Gasteiger partial charge in [0.15, 0.2) is 0 Å². The average Bonchev–Trinajstić information content (AvgIpc) is 2.43. The molecule has 0 amide bonds. The summed E-state index contributed by atoms with van der Waals surface area (Å²) >= 11 is 0. The van der Waals surface area contributed by atoms with E-state index in [9.17, 15) is 0 Å². The molecule has 2 rings (SSSR count). The predicted octanol–water partition coefficient (Wildman–Crippen LogP) is 3.46. The van der Waals surface area contributed by atoms with Crippen LogP contribution in [0.1, 0.15) is 43.2 Å². The molecule has 2 heteroatoms. The van der Waals surface area contributed by atoms with Gasteiger partial charge in [0.1, 0.15) is 0 Å². The molecule has 19 heavy (non-hydrogen) atoms. The number of hydrogen-bond donors (Lipinski definition) is 1. The van der Waals surface area contributed by atoms with Crippen molar-refractivity contribution in [2.75, 3.05) is 7.11 Å². The van der Waals surface area contributed by atoms with Crippen LogP contribution in [0, 0.1) is 12.8 Å². The minimum absolute atomic E-state index is 0.106. The molecule has 2 unspecified atom stereocenters. The minimum Gasteiger partial charge on any atom is -0.380 e. The van der Waals surface area contributed by atoms with Crippen LogP contribution in [0.25, 0.3) is 0 Å². The topological polar surface area (TPSA) is 35.2 Å². The molecule has 0 aliphatic heterocycles. The Bertz CT molecular complexity index is 385. The van der Waals surface area contributed by atoms with Crippen LogP contribution in [-0.2, 0) is 11.2 Å². The Morgan fingerprint density at radius 2 is 1.89 bits per heavy atom. The largest absolute Gasteiger partial charge is 0.380 e. The maximum Gasteiger partial charge on any atom is 0.0753 e. The molecule has 0 saturated heterocycles. The van der Waals surface area contributed by atoms with Gasteiger partial charge in [0.2, 0.25) is 0 Å². The van der Waals surface area contributed by atoms with Gasteiger partial charge in [-0.1, -0.05) is 43.5 Å². The van der Waals surface area contributed by atoms with Gasteiger partial charge in [0, 0.05) is 13.2 Å². The lowest BCUT2D eigenvalue weighted by molar-refractivity contribution is 0.0178. The SMILES string of the molecule is COC(C(N)Cc1ccccc1C)C1CCCCC1. The molecule has 106 valence electrons. The van der Waals surface area contributed by atoms with E-state index in [1.807, 2.05) is 7.11 Å². The monoisotopic (exact) mass is 261 g/mol. The van der Waals surface area contributed by atoms with Crippen molar-refractivity contribution in [1.82, 2.24) is 0 Å². The number of methoxy groups -OCH3 is 1. The molecule has 1 saturated carbocycles. The summed E-state index contributed by atoms with van der Waals surface area (Å²) < 4.78 is 5.74. The normalized spacial score (nSPS) is 20.2. The Hall–Kier alpha value is -0.860. The van der Waals surface area contributed by atoms with Crippen molar-refractivity contribution in [1.29, 1.82) is 0 Å². The molecular weight excluding hydrogens is 234 g/mol. The Morgan fingerprint density at radius 3 is 2.53 bits per heavy atom. The van der Waals surface area contributed by atoms with Crippen LogP contribution < -0.4 is 5.73 Å². The third-order valence-corrected chi connectivity index (χ3v) is 4.53. The number of nitrogens with two attached hydrogens (primary N) is 1. The molecule has 1 fully saturated rings. The zero-order chi connectivity index (χ0) is 13.7. The first-order chi connectivity index (χ1) is 9.22. The van der Waals surface area contributed by atoms with Gasteiger partial charge in [-0.2, -0.15) is 0 Å². The summed E-state index contributed by atoms with van der Waals surface area (Å²) in [5.41, 5.74) is 9.12. The van der Waals surface area contributed by atoms with Gasteiger partial charge in [-0.3, -0.25) is 0 Å². The Kier molecular flexibility index (Phi) is 5.41. The van der Waals surface area contributed by atoms with E-state index in [0.29, 0.717) is 5.92 Å². The smallest absolute Gasteiger partial charge is 0.0753 e. The Balaban J connectivity index is 2.00. The van der Waals surface area contributed by atoms with Gasteiger partial charge in [0.05, 0.1) is 6.10 Å². The molecule has 1 aliphatic rings. The zero-order valence-corrected chi connectivity index (χ0v) is 12.3. The molecule has 1 aliphatic carbocycles. The highest BCUT2D eigenvalue weighted by molar-refractivity contribution is 5.26. The molecule has 2 N–H and O–H groups in total. The van der Waals surface area contributed by atoms with Crippen molar-refractivity contribution in [2.24, 2.45) is 11.7 Å². The quantitative estimate of drug-likeness (QED) is 0.881. The lowest BCUT2D eigenvalue weighted by Crippen LogP contribution is -2.43. The number of ether oxygens (including phenoxy) is 1. The van der Waals surface area contributed by atoms with Gasteiger partial charge in [-0.15, -0.1) is 0 Å². The fraction of sp³-hybridized carbons (Fsp3) is 0.647. The van der Waals surface area contributed by atoms with Crippen molar-refractivity contribution >= 4 is 0 Å². The van der Waals surface area contributed by atoms with Crippen LogP contribution >= 0.6 is 0 Å². The van der Waals surface area contributed by atoms with E-state index in [-0.39, 0.29) is 12.1 Å². The van der Waals surface area contributed by atoms with Crippen molar-refractivity contribution in [2.45, 2.75) is 57.6 Å². The van der Waals surface area contributed by atoms with Gasteiger partial charge in [-0.05, 0) is 43.2 Å². The van der Waals surface area contributed by atoms with Crippen LogP contribution in [-0.4, -0.2) is 19.3 Å². The predicted molar refractivity (Wildman–Crippen MR) is 80.2 cm³/mol. The average molecular weight is 261 g/mol. The number of benzene rings is 1. The molecule has 0 heterocycles. The van der Waals surface area contributed by atoms with Gasteiger partial charge >= 0.3 is 0 Å². The van der Waals surface area contributed by atoms with Crippen LogP contribution in [0.2, 0.25) is 0 Å². The number of rotatable bonds is 5. The van der Waals surface area contributed by atoms with E-state index < -0.39 is 0 Å². The molecule has 1 aromatic rings. The van der Waals surface area contributed by atoms with Crippen molar-refractivity contribution in [3.05, 3.63) is 35.4 Å². The Labute approximate surface area is 117 Å². The van der Waals surface area contributed by atoms with Crippen molar-refractivity contribution < 1.29 is 4.74 Å². The Morgan fingerprint density at radius 1 is 1.21 bits per heavy atom. The zero-order valence-electron chi connectivity index (χ0n) is 12.3. The van der Waals surface area contributed by atoms with E-state index in [2.05, 4.69) is 31.2 Å². The molecule has 0 bridgehead atoms. The first kappa shape index (κ1) is 14.5. The summed E-state index contributed by atoms with van der Waals surface area (Å²) in [4.78, 5) is 0. The fourth-order valence-corrected chi connectivity index (χ4v) is 3.39. The first-order valence-corrected chi connectivity index (χ1v) is 7.55. The molecule has 0 aromatic heterocycles. The summed E-state index contributed by atoms with van der Waals surface area (Å²) in [6, 6.07) is 8.62. The second kappa shape index (κ2) is 7.06. The number of aryl methyl sites for hydroxylation is 1. The van der Waals surface area contributed by atoms with E-state index in [1.165, 1.54) is 43.2 Å².